The van der Waals surface area contributed by atoms with Gasteiger partial charge in [0.05, 0.1) is 21.8 Å². The molecule has 0 aliphatic heterocycles. The average molecular weight is 408 g/mol. The summed E-state index contributed by atoms with van der Waals surface area (Å²) in [6, 6.07) is 12.7. The van der Waals surface area contributed by atoms with Gasteiger partial charge in [0.15, 0.2) is 5.67 Å². The maximum Gasteiger partial charge on any atom is 0.202 e. The molecule has 3 atom stereocenters. The van der Waals surface area contributed by atoms with Crippen molar-refractivity contribution in [2.45, 2.75) is 50.1 Å². The Kier molecular flexibility index (Phi) is 5.57. The van der Waals surface area contributed by atoms with Crippen molar-refractivity contribution in [3.8, 4) is 0 Å². The van der Waals surface area contributed by atoms with Gasteiger partial charge in [-0.15, -0.1) is 0 Å². The van der Waals surface area contributed by atoms with Gasteiger partial charge in [-0.25, -0.2) is 13.3 Å². The molecule has 0 saturated heterocycles. The Morgan fingerprint density at radius 2 is 1.78 bits per heavy atom. The summed E-state index contributed by atoms with van der Waals surface area (Å²) in [6.45, 7) is 5.41. The molecule has 0 radical (unpaired) electrons. The molecule has 0 unspecified atom stereocenters. The fourth-order valence-corrected chi connectivity index (χ4v) is 4.27. The lowest BCUT2D eigenvalue weighted by molar-refractivity contribution is 0.0534. The lowest BCUT2D eigenvalue weighted by Crippen LogP contribution is -2.51. The minimum absolute atomic E-state index is 0.0322. The zero-order valence-corrected chi connectivity index (χ0v) is 17.2. The van der Waals surface area contributed by atoms with E-state index in [1.165, 1.54) is 0 Å². The third-order valence-corrected chi connectivity index (χ3v) is 6.65. The summed E-state index contributed by atoms with van der Waals surface area (Å²) in [7, 11) is -1.55. The predicted molar refractivity (Wildman–Crippen MR) is 108 cm³/mol. The first-order valence-corrected chi connectivity index (χ1v) is 10.4. The van der Waals surface area contributed by atoms with Crippen LogP contribution in [0.2, 0.25) is 5.02 Å². The normalized spacial score (nSPS) is 22.2. The van der Waals surface area contributed by atoms with Gasteiger partial charge < -0.3 is 0 Å². The number of ketones is 1. The van der Waals surface area contributed by atoms with Gasteiger partial charge in [0.25, 0.3) is 0 Å². The number of aryl methyl sites for hydroxylation is 1. The molecule has 144 valence electrons. The van der Waals surface area contributed by atoms with Crippen molar-refractivity contribution < 1.29 is 13.4 Å². The highest BCUT2D eigenvalue weighted by atomic mass is 35.5. The molecule has 0 bridgehead atoms. The molecule has 3 rings (SSSR count). The first-order valence-electron chi connectivity index (χ1n) is 8.88. The van der Waals surface area contributed by atoms with Gasteiger partial charge in [-0.1, -0.05) is 48.0 Å². The Balaban J connectivity index is 2.05. The van der Waals surface area contributed by atoms with Gasteiger partial charge >= 0.3 is 0 Å². The van der Waals surface area contributed by atoms with E-state index in [1.54, 1.807) is 57.2 Å². The van der Waals surface area contributed by atoms with Gasteiger partial charge in [-0.05, 0) is 56.9 Å². The third kappa shape index (κ3) is 4.00. The molecule has 3 nitrogen and oxygen atoms in total. The predicted octanol–water partition coefficient (Wildman–Crippen LogP) is 4.97. The van der Waals surface area contributed by atoms with Crippen LogP contribution in [0.5, 0.6) is 0 Å². The smallest absolute Gasteiger partial charge is 0.202 e. The van der Waals surface area contributed by atoms with E-state index in [-0.39, 0.29) is 6.42 Å². The van der Waals surface area contributed by atoms with Crippen molar-refractivity contribution in [1.29, 1.82) is 0 Å². The fraction of sp³-hybridized carbons (Fsp3) is 0.381. The summed E-state index contributed by atoms with van der Waals surface area (Å²) in [5.74, 6) is -0.567. The summed E-state index contributed by atoms with van der Waals surface area (Å²) < 4.78 is 31.3. The van der Waals surface area contributed by atoms with Crippen LogP contribution in [0.15, 0.2) is 48.5 Å². The number of carbonyl (C=O) groups is 1. The molecular weight excluding hydrogens is 385 g/mol. The largest absolute Gasteiger partial charge is 0.290 e. The molecule has 1 aliphatic rings. The van der Waals surface area contributed by atoms with E-state index in [1.807, 2.05) is 12.1 Å². The van der Waals surface area contributed by atoms with E-state index in [2.05, 4.69) is 4.72 Å². The molecular formula is C21H23ClFNO2S. The minimum atomic E-state index is -2.19. The zero-order valence-electron chi connectivity index (χ0n) is 15.6. The van der Waals surface area contributed by atoms with Crippen LogP contribution in [0.25, 0.3) is 0 Å². The van der Waals surface area contributed by atoms with Crippen LogP contribution in [0.1, 0.15) is 54.7 Å². The van der Waals surface area contributed by atoms with Gasteiger partial charge in [0.1, 0.15) is 0 Å². The monoisotopic (exact) mass is 407 g/mol. The molecule has 2 aromatic carbocycles. The van der Waals surface area contributed by atoms with E-state index in [4.69, 9.17) is 11.6 Å². The van der Waals surface area contributed by atoms with E-state index >= 15 is 4.39 Å². The molecule has 6 heteroatoms. The highest BCUT2D eigenvalue weighted by Crippen LogP contribution is 2.41. The Morgan fingerprint density at radius 1 is 1.15 bits per heavy atom. The first kappa shape index (κ1) is 20.2. The molecule has 0 spiro atoms. The lowest BCUT2D eigenvalue weighted by Gasteiger charge is -2.37. The van der Waals surface area contributed by atoms with Gasteiger partial charge in [0, 0.05) is 10.6 Å². The van der Waals surface area contributed by atoms with Crippen molar-refractivity contribution in [2.24, 2.45) is 0 Å². The number of fused-ring (bicyclic) bond motifs is 1. The number of benzene rings is 2. The molecule has 27 heavy (non-hydrogen) atoms. The van der Waals surface area contributed by atoms with Crippen molar-refractivity contribution >= 4 is 28.4 Å². The lowest BCUT2D eigenvalue weighted by atomic mass is 9.75. The number of halogens is 2. The van der Waals surface area contributed by atoms with Crippen LogP contribution in [-0.4, -0.2) is 20.4 Å². The summed E-state index contributed by atoms with van der Waals surface area (Å²) in [5.41, 5.74) is -0.397. The van der Waals surface area contributed by atoms with Crippen LogP contribution in [0.3, 0.4) is 0 Å². The molecule has 0 heterocycles. The number of nitrogens with one attached hydrogen (secondary N) is 1. The number of carbonyl (C=O) groups excluding carboxylic acids is 1. The molecule has 1 N–H and O–H groups in total. The molecule has 0 fully saturated rings. The van der Waals surface area contributed by atoms with Crippen molar-refractivity contribution in [3.63, 3.8) is 0 Å². The summed E-state index contributed by atoms with van der Waals surface area (Å²) >= 11 is 5.97. The van der Waals surface area contributed by atoms with E-state index in [9.17, 15) is 9.00 Å². The number of rotatable bonds is 4. The second-order valence-corrected chi connectivity index (χ2v) is 10.3. The highest BCUT2D eigenvalue weighted by Gasteiger charge is 2.50. The Labute approximate surface area is 166 Å². The SMILES string of the molecule is CC(C)(C)[S@@](=O)N[C@H](c1ccc(Cl)cc1)[C@@]1(F)CCc2ccccc2C1=O. The zero-order chi connectivity index (χ0) is 19.8. The quantitative estimate of drug-likeness (QED) is 0.777. The van der Waals surface area contributed by atoms with Gasteiger partial charge in [0.2, 0.25) is 5.78 Å². The van der Waals surface area contributed by atoms with E-state index in [0.29, 0.717) is 22.6 Å². The first-order chi connectivity index (χ1) is 12.6. The van der Waals surface area contributed by atoms with Crippen molar-refractivity contribution in [3.05, 3.63) is 70.2 Å². The Hall–Kier alpha value is -1.56. The minimum Gasteiger partial charge on any atom is -0.290 e. The highest BCUT2D eigenvalue weighted by molar-refractivity contribution is 7.84. The van der Waals surface area contributed by atoms with Crippen LogP contribution < -0.4 is 4.72 Å². The van der Waals surface area contributed by atoms with Crippen LogP contribution in [-0.2, 0) is 17.4 Å². The second-order valence-electron chi connectivity index (χ2n) is 7.83. The molecule has 0 amide bonds. The third-order valence-electron chi connectivity index (χ3n) is 4.84. The topological polar surface area (TPSA) is 46.2 Å². The summed E-state index contributed by atoms with van der Waals surface area (Å²) in [5, 5.41) is 0.516. The maximum absolute atomic E-state index is 16.3. The van der Waals surface area contributed by atoms with Crippen LogP contribution >= 0.6 is 11.6 Å². The summed E-state index contributed by atoms with van der Waals surface area (Å²) in [6.07, 6.45) is 0.483. The fourth-order valence-electron chi connectivity index (χ4n) is 3.25. The van der Waals surface area contributed by atoms with Gasteiger partial charge in [-0.3, -0.25) is 4.79 Å². The summed E-state index contributed by atoms with van der Waals surface area (Å²) in [4.78, 5) is 13.1. The molecule has 2 aromatic rings. The number of alkyl halides is 1. The van der Waals surface area contributed by atoms with E-state index < -0.39 is 33.2 Å². The van der Waals surface area contributed by atoms with E-state index in [0.717, 1.165) is 5.56 Å². The van der Waals surface area contributed by atoms with Crippen molar-refractivity contribution in [1.82, 2.24) is 4.72 Å². The Bertz CT molecular complexity index is 878. The van der Waals surface area contributed by atoms with Crippen molar-refractivity contribution in [2.75, 3.05) is 0 Å². The molecule has 1 aliphatic carbocycles. The maximum atomic E-state index is 16.3. The number of hydrogen-bond acceptors (Lipinski definition) is 2. The number of hydrogen-bond donors (Lipinski definition) is 1. The number of Topliss-reactive ketones (excluding diaryl/α,β-unsaturated/α-hetero) is 1. The molecule has 0 aromatic heterocycles. The second kappa shape index (κ2) is 7.46. The standard InChI is InChI=1S/C21H23ClFNO2S/c1-20(2,3)27(26)24-18(15-8-10-16(22)11-9-15)21(23)13-12-14-6-4-5-7-17(14)19(21)25/h4-11,18,24H,12-13H2,1-3H3/t18-,21+,27-/m1/s1. The van der Waals surface area contributed by atoms with Crippen LogP contribution in [0, 0.1) is 0 Å². The molecule has 0 saturated carbocycles. The Morgan fingerprint density at radius 3 is 2.41 bits per heavy atom. The average Bonchev–Trinajstić information content (AvgIpc) is 2.63. The van der Waals surface area contributed by atoms with Gasteiger partial charge in [-0.2, -0.15) is 0 Å². The van der Waals surface area contributed by atoms with Crippen LogP contribution in [0.4, 0.5) is 4.39 Å².